The molecule has 0 bridgehead atoms. The highest BCUT2D eigenvalue weighted by Gasteiger charge is 2.36. The van der Waals surface area contributed by atoms with E-state index in [1.165, 1.54) is 13.2 Å². The van der Waals surface area contributed by atoms with Gasteiger partial charge in [0.2, 0.25) is 0 Å². The van der Waals surface area contributed by atoms with Crippen molar-refractivity contribution in [1.29, 1.82) is 0 Å². The molecule has 1 aliphatic heterocycles. The number of urea groups is 1. The van der Waals surface area contributed by atoms with E-state index in [-0.39, 0.29) is 5.57 Å². The number of nitrogens with one attached hydrogen (secondary N) is 1. The number of nitrogens with zero attached hydrogens (tertiary/aromatic N) is 1. The summed E-state index contributed by atoms with van der Waals surface area (Å²) in [7, 11) is 1.51. The second kappa shape index (κ2) is 10.3. The molecule has 4 aromatic carbocycles. The Bertz CT molecular complexity index is 1560. The molecule has 0 aliphatic carbocycles. The topological polar surface area (TPSA) is 84.9 Å². The van der Waals surface area contributed by atoms with Crippen LogP contribution in [0.5, 0.6) is 11.5 Å². The number of carbonyl (C=O) groups is 3. The molecule has 1 aliphatic rings. The van der Waals surface area contributed by atoms with E-state index >= 15 is 0 Å². The predicted octanol–water partition coefficient (Wildman–Crippen LogP) is 5.86. The molecule has 0 unspecified atom stereocenters. The summed E-state index contributed by atoms with van der Waals surface area (Å²) in [4.78, 5) is 39.0. The highest BCUT2D eigenvalue weighted by molar-refractivity contribution is 9.10. The number of rotatable bonds is 6. The second-order valence-corrected chi connectivity index (χ2v) is 9.11. The summed E-state index contributed by atoms with van der Waals surface area (Å²) < 4.78 is 12.3. The van der Waals surface area contributed by atoms with Crippen LogP contribution in [0, 0.1) is 0 Å². The highest BCUT2D eigenvalue weighted by Crippen LogP contribution is 2.38. The normalized spacial score (nSPS) is 14.7. The monoisotopic (exact) mass is 556 g/mol. The number of fused-ring (bicyclic) bond motifs is 1. The second-order valence-electron chi connectivity index (χ2n) is 8.25. The fourth-order valence-electron chi connectivity index (χ4n) is 4.17. The van der Waals surface area contributed by atoms with Gasteiger partial charge in [-0.3, -0.25) is 14.9 Å². The largest absolute Gasteiger partial charge is 0.493 e. The third-order valence-electron chi connectivity index (χ3n) is 5.93. The maximum atomic E-state index is 13.1. The van der Waals surface area contributed by atoms with Crippen molar-refractivity contribution in [1.82, 2.24) is 5.32 Å². The minimum Gasteiger partial charge on any atom is -0.493 e. The summed E-state index contributed by atoms with van der Waals surface area (Å²) >= 11 is 3.53. The van der Waals surface area contributed by atoms with Gasteiger partial charge in [-0.25, -0.2) is 9.69 Å². The van der Waals surface area contributed by atoms with Gasteiger partial charge < -0.3 is 9.47 Å². The first-order chi connectivity index (χ1) is 18.0. The van der Waals surface area contributed by atoms with Crippen molar-refractivity contribution >= 4 is 56.3 Å². The van der Waals surface area contributed by atoms with Gasteiger partial charge in [0, 0.05) is 0 Å². The van der Waals surface area contributed by atoms with Gasteiger partial charge in [-0.2, -0.15) is 0 Å². The van der Waals surface area contributed by atoms with Crippen LogP contribution in [0.1, 0.15) is 11.1 Å². The average molecular weight is 557 g/mol. The Balaban J connectivity index is 1.44. The molecule has 0 aromatic heterocycles. The summed E-state index contributed by atoms with van der Waals surface area (Å²) in [5.74, 6) is -0.584. The predicted molar refractivity (Wildman–Crippen MR) is 144 cm³/mol. The number of para-hydroxylation sites is 1. The van der Waals surface area contributed by atoms with Gasteiger partial charge in [0.25, 0.3) is 11.8 Å². The van der Waals surface area contributed by atoms with Gasteiger partial charge in [-0.15, -0.1) is 0 Å². The summed E-state index contributed by atoms with van der Waals surface area (Å²) in [6.45, 7) is 0.311. The Kier molecular flexibility index (Phi) is 6.74. The molecule has 1 N–H and O–H groups in total. The van der Waals surface area contributed by atoms with Crippen LogP contribution in [0.25, 0.3) is 16.8 Å². The number of ether oxygens (including phenoxy) is 2. The summed E-state index contributed by atoms with van der Waals surface area (Å²) in [5, 5.41) is 4.45. The van der Waals surface area contributed by atoms with Crippen molar-refractivity contribution < 1.29 is 23.9 Å². The molecular formula is C29H21BrN2O5. The van der Waals surface area contributed by atoms with Gasteiger partial charge in [0.15, 0.2) is 11.5 Å². The molecule has 0 radical (unpaired) electrons. The first-order valence-corrected chi connectivity index (χ1v) is 12.2. The Labute approximate surface area is 221 Å². The maximum Gasteiger partial charge on any atom is 0.335 e. The number of imide groups is 2. The number of halogens is 1. The van der Waals surface area contributed by atoms with Gasteiger partial charge >= 0.3 is 6.03 Å². The van der Waals surface area contributed by atoms with Crippen LogP contribution in [0.3, 0.4) is 0 Å². The molecule has 184 valence electrons. The number of methoxy groups -OCH3 is 1. The van der Waals surface area contributed by atoms with E-state index in [0.717, 1.165) is 21.2 Å². The first kappa shape index (κ1) is 24.3. The lowest BCUT2D eigenvalue weighted by atomic mass is 10.1. The molecule has 37 heavy (non-hydrogen) atoms. The first-order valence-electron chi connectivity index (χ1n) is 11.4. The van der Waals surface area contributed by atoms with Crippen LogP contribution in [-0.4, -0.2) is 25.0 Å². The number of amides is 4. The SMILES string of the molecule is COc1cc(/C=C2/C(=O)NC(=O)N(c3ccccc3)C2=O)cc(Br)c1OCc1cccc2ccccc12. The Morgan fingerprint density at radius 2 is 1.65 bits per heavy atom. The number of benzene rings is 4. The van der Waals surface area contributed by atoms with Crippen molar-refractivity contribution in [3.8, 4) is 11.5 Å². The van der Waals surface area contributed by atoms with Crippen molar-refractivity contribution in [2.24, 2.45) is 0 Å². The van der Waals surface area contributed by atoms with Crippen LogP contribution in [-0.2, 0) is 16.2 Å². The molecule has 0 atom stereocenters. The summed E-state index contributed by atoms with van der Waals surface area (Å²) in [6.07, 6.45) is 1.42. The molecule has 7 nitrogen and oxygen atoms in total. The smallest absolute Gasteiger partial charge is 0.335 e. The number of carbonyl (C=O) groups excluding carboxylic acids is 3. The van der Waals surface area contributed by atoms with Crippen molar-refractivity contribution in [3.05, 3.63) is 106 Å². The van der Waals surface area contributed by atoms with E-state index in [9.17, 15) is 14.4 Å². The zero-order valence-corrected chi connectivity index (χ0v) is 21.3. The van der Waals surface area contributed by atoms with Crippen molar-refractivity contribution in [2.75, 3.05) is 12.0 Å². The highest BCUT2D eigenvalue weighted by atomic mass is 79.9. The number of anilines is 1. The molecule has 1 heterocycles. The maximum absolute atomic E-state index is 13.1. The lowest BCUT2D eigenvalue weighted by Crippen LogP contribution is -2.54. The van der Waals surface area contributed by atoms with Crippen LogP contribution in [0.4, 0.5) is 10.5 Å². The molecule has 1 saturated heterocycles. The Morgan fingerprint density at radius 3 is 2.43 bits per heavy atom. The zero-order valence-electron chi connectivity index (χ0n) is 19.7. The third-order valence-corrected chi connectivity index (χ3v) is 6.52. The van der Waals surface area contributed by atoms with Gasteiger partial charge in [0.1, 0.15) is 12.2 Å². The molecule has 0 saturated carbocycles. The summed E-state index contributed by atoms with van der Waals surface area (Å²) in [5.41, 5.74) is 1.72. The van der Waals surface area contributed by atoms with Crippen LogP contribution in [0.15, 0.2) is 95.0 Å². The van der Waals surface area contributed by atoms with E-state index in [0.29, 0.717) is 33.8 Å². The zero-order chi connectivity index (χ0) is 25.9. The van der Waals surface area contributed by atoms with Gasteiger partial charge in [-0.1, -0.05) is 60.7 Å². The molecule has 4 aromatic rings. The third kappa shape index (κ3) is 4.83. The van der Waals surface area contributed by atoms with Crippen LogP contribution in [0.2, 0.25) is 0 Å². The van der Waals surface area contributed by atoms with Gasteiger partial charge in [0.05, 0.1) is 17.3 Å². The fraction of sp³-hybridized carbons (Fsp3) is 0.0690. The lowest BCUT2D eigenvalue weighted by molar-refractivity contribution is -0.122. The van der Waals surface area contributed by atoms with Crippen molar-refractivity contribution in [3.63, 3.8) is 0 Å². The number of hydrogen-bond donors (Lipinski definition) is 1. The molecule has 1 fully saturated rings. The quantitative estimate of drug-likeness (QED) is 0.237. The van der Waals surface area contributed by atoms with Crippen LogP contribution < -0.4 is 19.7 Å². The minimum absolute atomic E-state index is 0.179. The molecule has 4 amide bonds. The summed E-state index contributed by atoms with van der Waals surface area (Å²) in [6, 6.07) is 25.1. The molecule has 0 spiro atoms. The van der Waals surface area contributed by atoms with E-state index in [1.54, 1.807) is 42.5 Å². The lowest BCUT2D eigenvalue weighted by Gasteiger charge is -2.26. The average Bonchev–Trinajstić information content (AvgIpc) is 2.90. The van der Waals surface area contributed by atoms with Gasteiger partial charge in [-0.05, 0) is 68.2 Å². The molecule has 8 heteroatoms. The van der Waals surface area contributed by atoms with Crippen molar-refractivity contribution in [2.45, 2.75) is 6.61 Å². The number of hydrogen-bond acceptors (Lipinski definition) is 5. The van der Waals surface area contributed by atoms with E-state index in [4.69, 9.17) is 9.47 Å². The minimum atomic E-state index is -0.797. The van der Waals surface area contributed by atoms with E-state index < -0.39 is 17.8 Å². The van der Waals surface area contributed by atoms with Crippen LogP contribution >= 0.6 is 15.9 Å². The van der Waals surface area contributed by atoms with E-state index in [1.807, 2.05) is 42.5 Å². The Hall–Kier alpha value is -4.43. The Morgan fingerprint density at radius 1 is 0.919 bits per heavy atom. The van der Waals surface area contributed by atoms with E-state index in [2.05, 4.69) is 21.2 Å². The standard InChI is InChI=1S/C29H21BrN2O5/c1-36-25-16-18(14-23-27(33)31-29(35)32(28(23)34)21-11-3-2-4-12-21)15-24(30)26(25)37-17-20-10-7-9-19-8-5-6-13-22(19)20/h2-16H,17H2,1H3,(H,31,33,35)/b23-14-. The molecular weight excluding hydrogens is 536 g/mol. The fourth-order valence-corrected chi connectivity index (χ4v) is 4.74. The molecule has 5 rings (SSSR count). The number of barbiturate groups is 1.